The van der Waals surface area contributed by atoms with Crippen LogP contribution in [0.25, 0.3) is 0 Å². The molecule has 0 aliphatic carbocycles. The molecule has 0 spiro atoms. The van der Waals surface area contributed by atoms with Gasteiger partial charge in [0.05, 0.1) is 25.3 Å². The van der Waals surface area contributed by atoms with Crippen LogP contribution < -0.4 is 5.32 Å². The summed E-state index contributed by atoms with van der Waals surface area (Å²) in [5.74, 6) is 0.599. The van der Waals surface area contributed by atoms with Crippen LogP contribution in [0.5, 0.6) is 0 Å². The number of hydrogen-bond acceptors (Lipinski definition) is 6. The lowest BCUT2D eigenvalue weighted by atomic mass is 10.2. The van der Waals surface area contributed by atoms with Gasteiger partial charge in [0.25, 0.3) is 0 Å². The number of thiazole rings is 1. The highest BCUT2D eigenvalue weighted by Crippen LogP contribution is 2.23. The van der Waals surface area contributed by atoms with Gasteiger partial charge in [-0.2, -0.15) is 0 Å². The summed E-state index contributed by atoms with van der Waals surface area (Å²) in [5.41, 5.74) is 0.716. The Morgan fingerprint density at radius 2 is 2.47 bits per heavy atom. The number of aromatic amines is 1. The van der Waals surface area contributed by atoms with Gasteiger partial charge < -0.3 is 15.0 Å². The minimum atomic E-state index is -0.282. The summed E-state index contributed by atoms with van der Waals surface area (Å²) in [4.78, 5) is 22.8. The van der Waals surface area contributed by atoms with Crippen LogP contribution in [0, 0.1) is 0 Å². The number of rotatable bonds is 6. The number of esters is 1. The molecule has 2 aromatic heterocycles. The van der Waals surface area contributed by atoms with Gasteiger partial charge >= 0.3 is 5.97 Å². The van der Waals surface area contributed by atoms with Gasteiger partial charge in [-0.25, -0.2) is 9.97 Å². The number of anilines is 1. The van der Waals surface area contributed by atoms with E-state index in [1.807, 2.05) is 5.38 Å². The summed E-state index contributed by atoms with van der Waals surface area (Å²) in [6, 6.07) is 0.0899. The Balaban J connectivity index is 2.00. The molecule has 6 nitrogen and oxygen atoms in total. The molecule has 1 atom stereocenters. The van der Waals surface area contributed by atoms with Crippen molar-refractivity contribution in [3.63, 3.8) is 0 Å². The van der Waals surface area contributed by atoms with E-state index in [0.717, 1.165) is 17.4 Å². The second kappa shape index (κ2) is 6.33. The normalized spacial score (nSPS) is 12.1. The van der Waals surface area contributed by atoms with Gasteiger partial charge in [0, 0.05) is 17.8 Å². The van der Waals surface area contributed by atoms with E-state index in [1.165, 1.54) is 18.4 Å². The van der Waals surface area contributed by atoms with Crippen LogP contribution in [-0.2, 0) is 16.0 Å². The molecule has 0 fully saturated rings. The molecular formula is C12H16N4O2S. The number of hydrogen-bond donors (Lipinski definition) is 2. The van der Waals surface area contributed by atoms with Crippen molar-refractivity contribution in [3.8, 4) is 0 Å². The first-order chi connectivity index (χ1) is 9.22. The third-order valence-corrected chi connectivity index (χ3v) is 3.48. The first-order valence-corrected chi connectivity index (χ1v) is 6.88. The fourth-order valence-electron chi connectivity index (χ4n) is 1.66. The first-order valence-electron chi connectivity index (χ1n) is 6.00. The number of methoxy groups -OCH3 is 1. The van der Waals surface area contributed by atoms with Crippen LogP contribution in [0.1, 0.15) is 30.9 Å². The zero-order chi connectivity index (χ0) is 13.7. The van der Waals surface area contributed by atoms with E-state index in [2.05, 4.69) is 31.9 Å². The Morgan fingerprint density at radius 3 is 3.11 bits per heavy atom. The molecule has 2 heterocycles. The van der Waals surface area contributed by atoms with Crippen LogP contribution in [0.3, 0.4) is 0 Å². The molecular weight excluding hydrogens is 264 g/mol. The van der Waals surface area contributed by atoms with Crippen LogP contribution in [0.4, 0.5) is 5.13 Å². The highest BCUT2D eigenvalue weighted by Gasteiger charge is 2.14. The number of carbonyl (C=O) groups is 1. The first kappa shape index (κ1) is 13.5. The molecule has 1 unspecified atom stereocenters. The van der Waals surface area contributed by atoms with Gasteiger partial charge in [0.15, 0.2) is 5.13 Å². The Bertz CT molecular complexity index is 524. The van der Waals surface area contributed by atoms with E-state index in [9.17, 15) is 4.79 Å². The molecule has 0 saturated heterocycles. The Morgan fingerprint density at radius 1 is 1.63 bits per heavy atom. The molecule has 0 amide bonds. The van der Waals surface area contributed by atoms with E-state index >= 15 is 0 Å². The lowest BCUT2D eigenvalue weighted by molar-refractivity contribution is -0.139. The third kappa shape index (κ3) is 3.54. The smallest absolute Gasteiger partial charge is 0.311 e. The topological polar surface area (TPSA) is 79.9 Å². The summed E-state index contributed by atoms with van der Waals surface area (Å²) in [6.07, 6.45) is 4.61. The van der Waals surface area contributed by atoms with Gasteiger partial charge in [0.2, 0.25) is 0 Å². The number of ether oxygens (including phenoxy) is 1. The summed E-state index contributed by atoms with van der Waals surface area (Å²) in [7, 11) is 1.37. The van der Waals surface area contributed by atoms with Crippen molar-refractivity contribution in [2.24, 2.45) is 0 Å². The fourth-order valence-corrected chi connectivity index (χ4v) is 2.42. The van der Waals surface area contributed by atoms with Crippen molar-refractivity contribution in [2.75, 3.05) is 12.4 Å². The zero-order valence-electron chi connectivity index (χ0n) is 10.8. The van der Waals surface area contributed by atoms with Crippen LogP contribution in [0.2, 0.25) is 0 Å². The number of nitrogens with one attached hydrogen (secondary N) is 2. The SMILES string of the molecule is CCC(Nc1nc(CC(=O)OC)cs1)c1ncc[nH]1. The second-order valence-electron chi connectivity index (χ2n) is 3.98. The number of aromatic nitrogens is 3. The summed E-state index contributed by atoms with van der Waals surface area (Å²) in [6.45, 7) is 2.07. The van der Waals surface area contributed by atoms with Gasteiger partial charge in [0.1, 0.15) is 5.82 Å². The monoisotopic (exact) mass is 280 g/mol. The molecule has 0 aliphatic rings. The van der Waals surface area contributed by atoms with Crippen molar-refractivity contribution in [1.82, 2.24) is 15.0 Å². The molecule has 0 bridgehead atoms. The van der Waals surface area contributed by atoms with Crippen LogP contribution in [-0.4, -0.2) is 28.0 Å². The standard InChI is InChI=1S/C12H16N4O2S/c1-3-9(11-13-4-5-14-11)16-12-15-8(7-19-12)6-10(17)18-2/h4-5,7,9H,3,6H2,1-2H3,(H,13,14)(H,15,16). The van der Waals surface area contributed by atoms with Crippen molar-refractivity contribution in [3.05, 3.63) is 29.3 Å². The molecule has 0 saturated carbocycles. The third-order valence-electron chi connectivity index (χ3n) is 2.66. The number of nitrogens with zero attached hydrogens (tertiary/aromatic N) is 2. The molecule has 0 radical (unpaired) electrons. The highest BCUT2D eigenvalue weighted by atomic mass is 32.1. The molecule has 2 rings (SSSR count). The van der Waals surface area contributed by atoms with E-state index in [0.29, 0.717) is 5.69 Å². The quantitative estimate of drug-likeness (QED) is 0.792. The Hall–Kier alpha value is -1.89. The predicted octanol–water partition coefficient (Wildman–Crippen LogP) is 2.14. The summed E-state index contributed by atoms with van der Waals surface area (Å²) in [5, 5.41) is 5.94. The molecule has 7 heteroatoms. The molecule has 19 heavy (non-hydrogen) atoms. The Kier molecular flexibility index (Phi) is 4.51. The summed E-state index contributed by atoms with van der Waals surface area (Å²) >= 11 is 1.47. The summed E-state index contributed by atoms with van der Waals surface area (Å²) < 4.78 is 4.61. The average Bonchev–Trinajstić information content (AvgIpc) is 3.07. The van der Waals surface area contributed by atoms with Crippen LogP contribution in [0.15, 0.2) is 17.8 Å². The van der Waals surface area contributed by atoms with Crippen molar-refractivity contribution in [1.29, 1.82) is 0 Å². The molecule has 0 aromatic carbocycles. The lowest BCUT2D eigenvalue weighted by Gasteiger charge is -2.13. The van der Waals surface area contributed by atoms with Crippen molar-refractivity contribution in [2.45, 2.75) is 25.8 Å². The minimum Gasteiger partial charge on any atom is -0.469 e. The van der Waals surface area contributed by atoms with Crippen molar-refractivity contribution >= 4 is 22.4 Å². The van der Waals surface area contributed by atoms with Gasteiger partial charge in [-0.1, -0.05) is 6.92 Å². The van der Waals surface area contributed by atoms with E-state index in [1.54, 1.807) is 12.4 Å². The van der Waals surface area contributed by atoms with Crippen molar-refractivity contribution < 1.29 is 9.53 Å². The second-order valence-corrected chi connectivity index (χ2v) is 4.83. The predicted molar refractivity (Wildman–Crippen MR) is 73.1 cm³/mol. The number of H-pyrrole nitrogens is 1. The lowest BCUT2D eigenvalue weighted by Crippen LogP contribution is -2.11. The van der Waals surface area contributed by atoms with E-state index < -0.39 is 0 Å². The molecule has 2 N–H and O–H groups in total. The highest BCUT2D eigenvalue weighted by molar-refractivity contribution is 7.13. The van der Waals surface area contributed by atoms with Gasteiger partial charge in [-0.15, -0.1) is 11.3 Å². The maximum Gasteiger partial charge on any atom is 0.311 e. The number of carbonyl (C=O) groups excluding carboxylic acids is 1. The molecule has 2 aromatic rings. The minimum absolute atomic E-state index is 0.0899. The van der Waals surface area contributed by atoms with Gasteiger partial charge in [-0.05, 0) is 6.42 Å². The Labute approximate surface area is 115 Å². The van der Waals surface area contributed by atoms with E-state index in [-0.39, 0.29) is 18.4 Å². The maximum absolute atomic E-state index is 11.2. The van der Waals surface area contributed by atoms with Crippen LogP contribution >= 0.6 is 11.3 Å². The largest absolute Gasteiger partial charge is 0.469 e. The fraction of sp³-hybridized carbons (Fsp3) is 0.417. The van der Waals surface area contributed by atoms with E-state index in [4.69, 9.17) is 0 Å². The maximum atomic E-state index is 11.2. The zero-order valence-corrected chi connectivity index (χ0v) is 11.7. The molecule has 102 valence electrons. The molecule has 0 aliphatic heterocycles. The number of imidazole rings is 1. The average molecular weight is 280 g/mol. The van der Waals surface area contributed by atoms with Gasteiger partial charge in [-0.3, -0.25) is 4.79 Å².